The Morgan fingerprint density at radius 2 is 2.03 bits per heavy atom. The lowest BCUT2D eigenvalue weighted by Crippen LogP contribution is -2.35. The maximum Gasteiger partial charge on any atom is 0.176 e. The number of nitrogens with zero attached hydrogens (tertiary/aromatic N) is 3. The van der Waals surface area contributed by atoms with Gasteiger partial charge in [0.25, 0.3) is 0 Å². The van der Waals surface area contributed by atoms with Gasteiger partial charge in [0, 0.05) is 35.1 Å². The van der Waals surface area contributed by atoms with Crippen molar-refractivity contribution in [3.8, 4) is 17.3 Å². The van der Waals surface area contributed by atoms with Gasteiger partial charge >= 0.3 is 0 Å². The largest absolute Gasteiger partial charge is 0.312 e. The summed E-state index contributed by atoms with van der Waals surface area (Å²) in [6, 6.07) is 12.4. The van der Waals surface area contributed by atoms with Crippen molar-refractivity contribution in [2.24, 2.45) is 11.8 Å². The summed E-state index contributed by atoms with van der Waals surface area (Å²) < 4.78 is 0. The molecule has 0 radical (unpaired) electrons. The van der Waals surface area contributed by atoms with Crippen LogP contribution in [0.1, 0.15) is 42.8 Å². The van der Waals surface area contributed by atoms with E-state index >= 15 is 0 Å². The quantitative estimate of drug-likeness (QED) is 0.834. The third-order valence-corrected chi connectivity index (χ3v) is 6.69. The molecule has 2 aromatic rings. The summed E-state index contributed by atoms with van der Waals surface area (Å²) in [7, 11) is 0. The predicted octanol–water partition coefficient (Wildman–Crippen LogP) is 3.84. The molecule has 0 fully saturated rings. The maximum atomic E-state index is 12.6. The molecular formula is C25H24N4O. The van der Waals surface area contributed by atoms with Crippen molar-refractivity contribution in [1.82, 2.24) is 15.3 Å². The second-order valence-electron chi connectivity index (χ2n) is 8.39. The second kappa shape index (κ2) is 7.62. The Hall–Kier alpha value is -3.10. The van der Waals surface area contributed by atoms with Crippen molar-refractivity contribution in [2.75, 3.05) is 13.1 Å². The van der Waals surface area contributed by atoms with Crippen molar-refractivity contribution in [1.29, 1.82) is 5.26 Å². The lowest BCUT2D eigenvalue weighted by Gasteiger charge is -2.38. The SMILES string of the molecule is CC1C(=O)C(C#N)=CC2c3nc(C4=CCCNC4)nc(-c4ccccc4)c3CCC12. The van der Waals surface area contributed by atoms with Gasteiger partial charge in [-0.3, -0.25) is 4.79 Å². The van der Waals surface area contributed by atoms with E-state index in [1.54, 1.807) is 0 Å². The van der Waals surface area contributed by atoms with Gasteiger partial charge in [-0.1, -0.05) is 49.4 Å². The molecule has 3 atom stereocenters. The number of benzene rings is 1. The van der Waals surface area contributed by atoms with Crippen LogP contribution in [0, 0.1) is 23.2 Å². The fraction of sp³-hybridized carbons (Fsp3) is 0.360. The van der Waals surface area contributed by atoms with Crippen LogP contribution in [0.3, 0.4) is 0 Å². The zero-order chi connectivity index (χ0) is 20.7. The number of rotatable bonds is 2. The second-order valence-corrected chi connectivity index (χ2v) is 8.39. The van der Waals surface area contributed by atoms with E-state index in [2.05, 4.69) is 29.6 Å². The molecular weight excluding hydrogens is 372 g/mol. The molecule has 1 aromatic heterocycles. The topological polar surface area (TPSA) is 78.7 Å². The first kappa shape index (κ1) is 18.9. The van der Waals surface area contributed by atoms with Crippen LogP contribution in [0.5, 0.6) is 0 Å². The summed E-state index contributed by atoms with van der Waals surface area (Å²) in [6.45, 7) is 3.69. The smallest absolute Gasteiger partial charge is 0.176 e. The minimum Gasteiger partial charge on any atom is -0.312 e. The highest BCUT2D eigenvalue weighted by Crippen LogP contribution is 2.46. The monoisotopic (exact) mass is 396 g/mol. The van der Waals surface area contributed by atoms with Crippen LogP contribution in [0.4, 0.5) is 0 Å². The number of Topliss-reactive ketones (excluding diaryl/α,β-unsaturated/α-hetero) is 1. The lowest BCUT2D eigenvalue weighted by atomic mass is 9.66. The molecule has 1 N–H and O–H groups in total. The standard InChI is InChI=1S/C25H24N4O/c1-15-19-9-10-20-22(16-6-3-2-4-7-16)28-25(17-8-5-11-27-14-17)29-23(20)21(19)12-18(13-26)24(15)30/h2-4,6-8,12,15,19,21,27H,5,9-11,14H2,1H3. The lowest BCUT2D eigenvalue weighted by molar-refractivity contribution is -0.120. The Balaban J connectivity index is 1.73. The molecule has 0 spiro atoms. The number of carbonyl (C=O) groups is 1. The average molecular weight is 396 g/mol. The van der Waals surface area contributed by atoms with Gasteiger partial charge in [0.05, 0.1) is 17.0 Å². The van der Waals surface area contributed by atoms with E-state index in [1.807, 2.05) is 31.2 Å². The summed E-state index contributed by atoms with van der Waals surface area (Å²) in [6.07, 6.45) is 6.81. The minimum atomic E-state index is -0.156. The van der Waals surface area contributed by atoms with E-state index in [0.717, 1.165) is 66.3 Å². The van der Waals surface area contributed by atoms with Gasteiger partial charge in [-0.15, -0.1) is 0 Å². The first-order valence-corrected chi connectivity index (χ1v) is 10.7. The van der Waals surface area contributed by atoms with Crippen molar-refractivity contribution >= 4 is 11.4 Å². The Morgan fingerprint density at radius 3 is 2.77 bits per heavy atom. The van der Waals surface area contributed by atoms with Crippen LogP contribution in [-0.2, 0) is 11.2 Å². The van der Waals surface area contributed by atoms with Gasteiger partial charge in [-0.2, -0.15) is 5.26 Å². The Morgan fingerprint density at radius 1 is 1.20 bits per heavy atom. The molecule has 2 aliphatic carbocycles. The molecule has 150 valence electrons. The van der Waals surface area contributed by atoms with E-state index < -0.39 is 0 Å². The third-order valence-electron chi connectivity index (χ3n) is 6.69. The van der Waals surface area contributed by atoms with Crippen LogP contribution in [0.2, 0.25) is 0 Å². The first-order valence-electron chi connectivity index (χ1n) is 10.7. The van der Waals surface area contributed by atoms with Crippen LogP contribution < -0.4 is 5.32 Å². The molecule has 0 bridgehead atoms. The molecule has 2 heterocycles. The zero-order valence-electron chi connectivity index (χ0n) is 17.1. The maximum absolute atomic E-state index is 12.6. The first-order chi connectivity index (χ1) is 14.7. The third kappa shape index (κ3) is 3.09. The molecule has 3 aliphatic rings. The van der Waals surface area contributed by atoms with Crippen molar-refractivity contribution < 1.29 is 4.79 Å². The number of hydrogen-bond acceptors (Lipinski definition) is 5. The number of hydrogen-bond donors (Lipinski definition) is 1. The van der Waals surface area contributed by atoms with Gasteiger partial charge in [0.2, 0.25) is 0 Å². The number of allylic oxidation sites excluding steroid dienone is 2. The molecule has 5 nitrogen and oxygen atoms in total. The number of nitriles is 1. The summed E-state index contributed by atoms with van der Waals surface area (Å²) in [5.41, 5.74) is 5.62. The molecule has 30 heavy (non-hydrogen) atoms. The van der Waals surface area contributed by atoms with E-state index in [1.165, 1.54) is 0 Å². The number of ketones is 1. The normalized spacial score (nSPS) is 25.5. The van der Waals surface area contributed by atoms with E-state index in [9.17, 15) is 10.1 Å². The predicted molar refractivity (Wildman–Crippen MR) is 115 cm³/mol. The number of aromatic nitrogens is 2. The van der Waals surface area contributed by atoms with E-state index in [-0.39, 0.29) is 29.1 Å². The van der Waals surface area contributed by atoms with Gasteiger partial charge in [0.1, 0.15) is 6.07 Å². The zero-order valence-corrected chi connectivity index (χ0v) is 17.1. The molecule has 0 saturated carbocycles. The number of carbonyl (C=O) groups excluding carboxylic acids is 1. The van der Waals surface area contributed by atoms with E-state index in [4.69, 9.17) is 9.97 Å². The van der Waals surface area contributed by atoms with Crippen molar-refractivity contribution in [2.45, 2.75) is 32.1 Å². The Labute approximate surface area is 176 Å². The molecule has 1 aromatic carbocycles. The molecule has 3 unspecified atom stereocenters. The summed E-state index contributed by atoms with van der Waals surface area (Å²) in [5.74, 6) is 0.747. The highest BCUT2D eigenvalue weighted by Gasteiger charge is 2.42. The Bertz CT molecular complexity index is 1110. The fourth-order valence-electron chi connectivity index (χ4n) is 5.07. The van der Waals surface area contributed by atoms with Crippen LogP contribution in [-0.4, -0.2) is 28.8 Å². The highest BCUT2D eigenvalue weighted by molar-refractivity contribution is 6.01. The van der Waals surface area contributed by atoms with Crippen molar-refractivity contribution in [3.05, 3.63) is 65.1 Å². The molecule has 5 rings (SSSR count). The minimum absolute atomic E-state index is 0.0162. The summed E-state index contributed by atoms with van der Waals surface area (Å²) in [5, 5.41) is 12.9. The molecule has 0 amide bonds. The number of fused-ring (bicyclic) bond motifs is 3. The van der Waals surface area contributed by atoms with Gasteiger partial charge < -0.3 is 5.32 Å². The highest BCUT2D eigenvalue weighted by atomic mass is 16.1. The molecule has 5 heteroatoms. The van der Waals surface area contributed by atoms with Gasteiger partial charge in [0.15, 0.2) is 11.6 Å². The van der Waals surface area contributed by atoms with Crippen molar-refractivity contribution in [3.63, 3.8) is 0 Å². The summed E-state index contributed by atoms with van der Waals surface area (Å²) >= 11 is 0. The van der Waals surface area contributed by atoms with Crippen LogP contribution in [0.25, 0.3) is 16.8 Å². The van der Waals surface area contributed by atoms with Gasteiger partial charge in [-0.05, 0) is 31.7 Å². The molecule has 1 aliphatic heterocycles. The van der Waals surface area contributed by atoms with E-state index in [0.29, 0.717) is 0 Å². The molecule has 0 saturated heterocycles. The van der Waals surface area contributed by atoms with Crippen LogP contribution in [0.15, 0.2) is 48.1 Å². The van der Waals surface area contributed by atoms with Gasteiger partial charge in [-0.25, -0.2) is 9.97 Å². The average Bonchev–Trinajstić information content (AvgIpc) is 2.81. The number of nitrogens with one attached hydrogen (secondary N) is 1. The summed E-state index contributed by atoms with van der Waals surface area (Å²) in [4.78, 5) is 22.7. The fourth-order valence-corrected chi connectivity index (χ4v) is 5.07. The van der Waals surface area contributed by atoms with Crippen LogP contribution >= 0.6 is 0 Å². The Kier molecular flexibility index (Phi) is 4.80.